The number of nitrogens with zero attached hydrogens (tertiary/aromatic N) is 1. The molecule has 39 heavy (non-hydrogen) atoms. The van der Waals surface area contributed by atoms with Gasteiger partial charge in [0.25, 0.3) is 11.8 Å². The molecule has 0 bridgehead atoms. The van der Waals surface area contributed by atoms with E-state index < -0.39 is 45.7 Å². The fourth-order valence-corrected chi connectivity index (χ4v) is 5.32. The summed E-state index contributed by atoms with van der Waals surface area (Å²) in [4.78, 5) is 26.8. The molecule has 0 fully saturated rings. The highest BCUT2D eigenvalue weighted by Gasteiger charge is 2.73. The standard InChI is InChI=1S/C24H13BrClF8IN2O2/c1-37(21(39)15-6-5-13(27)10-17(15)26)14-4-2-3-11(7-14)20(38)36-19-16(25)8-12(9-18(19)35)22(28,23(29,30)31)24(32,33)34/h2-10H,1H3,(H,36,38). The topological polar surface area (TPSA) is 49.4 Å². The van der Waals surface area contributed by atoms with Gasteiger partial charge < -0.3 is 10.2 Å². The first-order chi connectivity index (χ1) is 17.9. The highest BCUT2D eigenvalue weighted by Crippen LogP contribution is 2.54. The maximum absolute atomic E-state index is 14.5. The van der Waals surface area contributed by atoms with E-state index in [0.29, 0.717) is 6.07 Å². The molecule has 3 rings (SSSR count). The second kappa shape index (κ2) is 11.2. The van der Waals surface area contributed by atoms with Gasteiger partial charge in [0.2, 0.25) is 0 Å². The normalized spacial score (nSPS) is 12.3. The van der Waals surface area contributed by atoms with Crippen molar-refractivity contribution in [1.29, 1.82) is 0 Å². The highest BCUT2D eigenvalue weighted by molar-refractivity contribution is 14.1. The fourth-order valence-electron chi connectivity index (χ4n) is 3.38. The average molecular weight is 756 g/mol. The quantitative estimate of drug-likeness (QED) is 0.210. The second-order valence-electron chi connectivity index (χ2n) is 7.96. The molecule has 0 unspecified atom stereocenters. The minimum Gasteiger partial charge on any atom is -0.320 e. The zero-order valence-electron chi connectivity index (χ0n) is 19.1. The molecule has 208 valence electrons. The number of anilines is 2. The SMILES string of the molecule is CN(C(=O)c1ccc(F)cc1Cl)c1cccc(C(=O)Nc2c(Br)cc(C(F)(C(F)(F)F)C(F)(F)F)cc2I)c1. The molecule has 0 saturated heterocycles. The first-order valence-corrected chi connectivity index (χ1v) is 12.6. The van der Waals surface area contributed by atoms with Crippen molar-refractivity contribution in [2.75, 3.05) is 17.3 Å². The summed E-state index contributed by atoms with van der Waals surface area (Å²) in [6, 6.07) is 9.27. The summed E-state index contributed by atoms with van der Waals surface area (Å²) in [6.07, 6.45) is -12.6. The molecule has 0 spiro atoms. The first kappa shape index (κ1) is 31.1. The Kier molecular flexibility index (Phi) is 8.92. The summed E-state index contributed by atoms with van der Waals surface area (Å²) in [6.45, 7) is 0. The number of carbonyl (C=O) groups is 2. The van der Waals surface area contributed by atoms with E-state index in [4.69, 9.17) is 11.6 Å². The predicted octanol–water partition coefficient (Wildman–Crippen LogP) is 8.66. The Morgan fingerprint density at radius 1 is 0.949 bits per heavy atom. The number of carbonyl (C=O) groups excluding carboxylic acids is 2. The Morgan fingerprint density at radius 3 is 2.10 bits per heavy atom. The molecule has 0 heterocycles. The lowest BCUT2D eigenvalue weighted by molar-refractivity contribution is -0.348. The van der Waals surface area contributed by atoms with Crippen LogP contribution in [-0.2, 0) is 5.67 Å². The van der Waals surface area contributed by atoms with Gasteiger partial charge in [-0.1, -0.05) is 17.7 Å². The number of hydrogen-bond acceptors (Lipinski definition) is 2. The van der Waals surface area contributed by atoms with Crippen molar-refractivity contribution < 1.29 is 44.7 Å². The molecule has 4 nitrogen and oxygen atoms in total. The van der Waals surface area contributed by atoms with Gasteiger partial charge in [-0.15, -0.1) is 0 Å². The maximum Gasteiger partial charge on any atom is 0.435 e. The van der Waals surface area contributed by atoms with E-state index >= 15 is 0 Å². The Hall–Kier alpha value is -2.46. The molecular formula is C24H13BrClF8IN2O2. The number of halogens is 11. The van der Waals surface area contributed by atoms with E-state index in [2.05, 4.69) is 21.2 Å². The lowest BCUT2D eigenvalue weighted by Gasteiger charge is -2.31. The van der Waals surface area contributed by atoms with E-state index in [1.165, 1.54) is 60.0 Å². The van der Waals surface area contributed by atoms with Crippen LogP contribution in [0.15, 0.2) is 59.1 Å². The average Bonchev–Trinajstić information content (AvgIpc) is 2.83. The molecule has 0 atom stereocenters. The Bertz CT molecular complexity index is 1410. The van der Waals surface area contributed by atoms with E-state index in [-0.39, 0.29) is 37.2 Å². The fraction of sp³-hybridized carbons (Fsp3) is 0.167. The van der Waals surface area contributed by atoms with Crippen molar-refractivity contribution in [2.24, 2.45) is 0 Å². The minimum atomic E-state index is -6.30. The third kappa shape index (κ3) is 6.16. The molecule has 15 heteroatoms. The lowest BCUT2D eigenvalue weighted by Crippen LogP contribution is -2.50. The summed E-state index contributed by atoms with van der Waals surface area (Å²) in [7, 11) is 1.36. The van der Waals surface area contributed by atoms with E-state index in [1.807, 2.05) is 0 Å². The molecule has 0 aliphatic heterocycles. The number of hydrogen-bond donors (Lipinski definition) is 1. The number of nitrogens with one attached hydrogen (secondary N) is 1. The highest BCUT2D eigenvalue weighted by atomic mass is 127. The van der Waals surface area contributed by atoms with E-state index in [0.717, 1.165) is 17.0 Å². The van der Waals surface area contributed by atoms with Gasteiger partial charge in [0, 0.05) is 31.9 Å². The van der Waals surface area contributed by atoms with Gasteiger partial charge in [0.15, 0.2) is 0 Å². The summed E-state index contributed by atoms with van der Waals surface area (Å²) in [5.41, 5.74) is -7.45. The molecule has 0 aliphatic rings. The molecule has 0 aromatic heterocycles. The van der Waals surface area contributed by atoms with E-state index in [1.54, 1.807) is 0 Å². The van der Waals surface area contributed by atoms with Crippen LogP contribution < -0.4 is 10.2 Å². The Labute approximate surface area is 242 Å². The molecule has 2 amide bonds. The molecule has 0 aliphatic carbocycles. The van der Waals surface area contributed by atoms with Crippen molar-refractivity contribution in [3.8, 4) is 0 Å². The zero-order valence-corrected chi connectivity index (χ0v) is 23.6. The summed E-state index contributed by atoms with van der Waals surface area (Å²) < 4.78 is 106. The number of alkyl halides is 7. The molecule has 1 N–H and O–H groups in total. The van der Waals surface area contributed by atoms with Gasteiger partial charge in [-0.2, -0.15) is 26.3 Å². The monoisotopic (exact) mass is 754 g/mol. The summed E-state index contributed by atoms with van der Waals surface area (Å²) >= 11 is 10.1. The van der Waals surface area contributed by atoms with Crippen LogP contribution in [0.1, 0.15) is 26.3 Å². The minimum absolute atomic E-state index is 0.0179. The van der Waals surface area contributed by atoms with Gasteiger partial charge in [0.1, 0.15) is 5.82 Å². The van der Waals surface area contributed by atoms with Crippen molar-refractivity contribution in [3.63, 3.8) is 0 Å². The van der Waals surface area contributed by atoms with Crippen molar-refractivity contribution >= 4 is 73.3 Å². The van der Waals surface area contributed by atoms with Crippen molar-refractivity contribution in [3.05, 3.63) is 90.2 Å². The van der Waals surface area contributed by atoms with Crippen LogP contribution in [0, 0.1) is 9.39 Å². The van der Waals surface area contributed by atoms with Gasteiger partial charge >= 0.3 is 18.0 Å². The predicted molar refractivity (Wildman–Crippen MR) is 140 cm³/mol. The lowest BCUT2D eigenvalue weighted by atomic mass is 9.94. The number of rotatable bonds is 5. The van der Waals surface area contributed by atoms with Crippen LogP contribution in [0.4, 0.5) is 46.5 Å². The van der Waals surface area contributed by atoms with Crippen LogP contribution in [-0.4, -0.2) is 31.2 Å². The largest absolute Gasteiger partial charge is 0.435 e. The Balaban J connectivity index is 1.91. The van der Waals surface area contributed by atoms with Gasteiger partial charge in [0.05, 0.1) is 16.3 Å². The van der Waals surface area contributed by atoms with Crippen LogP contribution >= 0.6 is 50.1 Å². The number of amides is 2. The van der Waals surface area contributed by atoms with Crippen LogP contribution in [0.25, 0.3) is 0 Å². The molecule has 0 radical (unpaired) electrons. The van der Waals surface area contributed by atoms with Crippen LogP contribution in [0.2, 0.25) is 5.02 Å². The van der Waals surface area contributed by atoms with Gasteiger partial charge in [-0.3, -0.25) is 9.59 Å². The molecule has 3 aromatic rings. The zero-order chi connectivity index (χ0) is 29.5. The van der Waals surface area contributed by atoms with Crippen LogP contribution in [0.5, 0.6) is 0 Å². The van der Waals surface area contributed by atoms with Crippen LogP contribution in [0.3, 0.4) is 0 Å². The first-order valence-electron chi connectivity index (χ1n) is 10.3. The maximum atomic E-state index is 14.5. The summed E-state index contributed by atoms with van der Waals surface area (Å²) in [5.74, 6) is -2.13. The third-order valence-electron chi connectivity index (χ3n) is 5.42. The number of benzene rings is 3. The summed E-state index contributed by atoms with van der Waals surface area (Å²) in [5, 5.41) is 2.21. The Morgan fingerprint density at radius 2 is 1.56 bits per heavy atom. The molecular weight excluding hydrogens is 743 g/mol. The molecule has 3 aromatic carbocycles. The second-order valence-corrected chi connectivity index (χ2v) is 10.4. The third-order valence-corrected chi connectivity index (χ3v) is 7.21. The van der Waals surface area contributed by atoms with Gasteiger partial charge in [-0.25, -0.2) is 8.78 Å². The van der Waals surface area contributed by atoms with Crippen molar-refractivity contribution in [2.45, 2.75) is 18.0 Å². The molecule has 0 saturated carbocycles. The van der Waals surface area contributed by atoms with E-state index in [9.17, 15) is 44.7 Å². The van der Waals surface area contributed by atoms with Gasteiger partial charge in [-0.05, 0) is 87.1 Å². The smallest absolute Gasteiger partial charge is 0.320 e. The van der Waals surface area contributed by atoms with Crippen molar-refractivity contribution in [1.82, 2.24) is 0 Å².